The van der Waals surface area contributed by atoms with Crippen LogP contribution in [0.5, 0.6) is 0 Å². The third kappa shape index (κ3) is 2.19. The number of carbonyl (C=O) groups is 2. The number of methoxy groups -OCH3 is 1. The van der Waals surface area contributed by atoms with E-state index in [2.05, 4.69) is 15.9 Å². The van der Waals surface area contributed by atoms with Gasteiger partial charge in [0.05, 0.1) is 40.4 Å². The summed E-state index contributed by atoms with van der Waals surface area (Å²) in [6.45, 7) is 1.04. The van der Waals surface area contributed by atoms with Crippen molar-refractivity contribution in [1.29, 1.82) is 0 Å². The van der Waals surface area contributed by atoms with Crippen LogP contribution in [0.3, 0.4) is 0 Å². The second-order valence-electron chi connectivity index (χ2n) is 8.57. The number of amides is 1. The number of carbonyl (C=O) groups excluding carboxylic acids is 2. The molecule has 3 saturated heterocycles. The fourth-order valence-corrected chi connectivity index (χ4v) is 7.13. The zero-order valence-corrected chi connectivity index (χ0v) is 20.3. The Labute approximate surface area is 202 Å². The highest BCUT2D eigenvalue weighted by Crippen LogP contribution is 2.73. The summed E-state index contributed by atoms with van der Waals surface area (Å²) in [7, 11) is 3.21. The van der Waals surface area contributed by atoms with Gasteiger partial charge in [-0.05, 0) is 24.3 Å². The van der Waals surface area contributed by atoms with E-state index in [1.165, 1.54) is 7.11 Å². The highest BCUT2D eigenvalue weighted by atomic mass is 79.9. The van der Waals surface area contributed by atoms with Crippen molar-refractivity contribution in [3.05, 3.63) is 67.4 Å². The van der Waals surface area contributed by atoms with E-state index in [1.807, 2.05) is 29.8 Å². The summed E-state index contributed by atoms with van der Waals surface area (Å²) in [4.78, 5) is 26.6. The summed E-state index contributed by atoms with van der Waals surface area (Å²) >= 11 is 16.3. The predicted octanol–water partition coefficient (Wildman–Crippen LogP) is 4.64. The first-order valence-corrected chi connectivity index (χ1v) is 11.7. The van der Waals surface area contributed by atoms with E-state index in [0.717, 1.165) is 33.1 Å². The molecule has 1 aromatic carbocycles. The van der Waals surface area contributed by atoms with Crippen LogP contribution in [0.15, 0.2) is 51.7 Å². The number of hydrogen-bond donors (Lipinski definition) is 0. The monoisotopic (exact) mass is 535 g/mol. The minimum atomic E-state index is -0.470. The average molecular weight is 537 g/mol. The first-order chi connectivity index (χ1) is 15.3. The van der Waals surface area contributed by atoms with Crippen molar-refractivity contribution in [2.45, 2.75) is 18.0 Å². The van der Waals surface area contributed by atoms with Crippen molar-refractivity contribution in [2.75, 3.05) is 20.3 Å². The van der Waals surface area contributed by atoms with Gasteiger partial charge < -0.3 is 14.0 Å². The van der Waals surface area contributed by atoms with E-state index in [9.17, 15) is 9.59 Å². The van der Waals surface area contributed by atoms with Crippen LogP contribution in [-0.4, -0.2) is 52.8 Å². The number of aromatic nitrogens is 1. The number of nitrogens with zero attached hydrogens (tertiary/aromatic N) is 2. The fourth-order valence-electron chi connectivity index (χ4n) is 5.92. The lowest BCUT2D eigenvalue weighted by atomic mass is 9.77. The molecule has 2 aromatic rings. The van der Waals surface area contributed by atoms with E-state index in [1.54, 1.807) is 12.1 Å². The van der Waals surface area contributed by atoms with Crippen LogP contribution >= 0.6 is 39.1 Å². The number of ether oxygens (including phenoxy) is 2. The van der Waals surface area contributed by atoms with Crippen molar-refractivity contribution in [3.8, 4) is 0 Å². The number of halogens is 3. The topological polar surface area (TPSA) is 57.5 Å². The highest BCUT2D eigenvalue weighted by molar-refractivity contribution is 9.11. The Morgan fingerprint density at radius 2 is 2.09 bits per heavy atom. The number of rotatable bonds is 2. The van der Waals surface area contributed by atoms with E-state index in [4.69, 9.17) is 32.7 Å². The molecular weight excluding hydrogens is 519 g/mol. The molecule has 6 rings (SSSR count). The molecule has 0 bridgehead atoms. The predicted molar refractivity (Wildman–Crippen MR) is 124 cm³/mol. The van der Waals surface area contributed by atoms with E-state index in [0.29, 0.717) is 34.5 Å². The van der Waals surface area contributed by atoms with Crippen LogP contribution in [-0.2, 0) is 21.3 Å². The minimum absolute atomic E-state index is 0.0344. The van der Waals surface area contributed by atoms with E-state index in [-0.39, 0.29) is 16.4 Å². The molecule has 3 atom stereocenters. The summed E-state index contributed by atoms with van der Waals surface area (Å²) in [6, 6.07) is 5.31. The van der Waals surface area contributed by atoms with Gasteiger partial charge in [0, 0.05) is 29.4 Å². The molecule has 1 aliphatic carbocycles. The molecule has 3 fully saturated rings. The molecule has 4 heterocycles. The Morgan fingerprint density at radius 3 is 2.78 bits per heavy atom. The number of allylic oxidation sites excluding steroid dienone is 2. The second-order valence-corrected chi connectivity index (χ2v) is 10.2. The molecule has 0 radical (unpaired) electrons. The van der Waals surface area contributed by atoms with Gasteiger partial charge >= 0.3 is 11.9 Å². The zero-order valence-electron chi connectivity index (χ0n) is 17.2. The largest absolute Gasteiger partial charge is 0.465 e. The smallest absolute Gasteiger partial charge is 0.369 e. The molecule has 1 aromatic heterocycles. The van der Waals surface area contributed by atoms with Gasteiger partial charge in [-0.15, -0.1) is 0 Å². The molecular formula is C23H18BrCl2N2O4+. The lowest BCUT2D eigenvalue weighted by Gasteiger charge is -2.45. The maximum absolute atomic E-state index is 14.3. The molecule has 164 valence electrons. The van der Waals surface area contributed by atoms with Gasteiger partial charge in [0.1, 0.15) is 12.3 Å². The van der Waals surface area contributed by atoms with Crippen molar-refractivity contribution in [1.82, 2.24) is 4.57 Å². The van der Waals surface area contributed by atoms with Crippen molar-refractivity contribution in [2.24, 2.45) is 7.05 Å². The number of hydrogen-bond acceptors (Lipinski definition) is 4. The number of benzene rings is 1. The zero-order chi connectivity index (χ0) is 22.6. The van der Waals surface area contributed by atoms with Crippen LogP contribution in [0.4, 0.5) is 0 Å². The number of aryl methyl sites for hydroxylation is 1. The average Bonchev–Trinajstić information content (AvgIpc) is 3.07. The Bertz CT molecular complexity index is 1370. The summed E-state index contributed by atoms with van der Waals surface area (Å²) in [6.07, 6.45) is 4.33. The van der Waals surface area contributed by atoms with E-state index < -0.39 is 11.5 Å². The Hall–Kier alpha value is -1.90. The third-order valence-electron chi connectivity index (χ3n) is 7.37. The molecule has 3 unspecified atom stereocenters. The van der Waals surface area contributed by atoms with Crippen LogP contribution in [0.25, 0.3) is 10.9 Å². The summed E-state index contributed by atoms with van der Waals surface area (Å²) in [5.41, 5.74) is 3.35. The Balaban J connectivity index is 1.56. The van der Waals surface area contributed by atoms with Gasteiger partial charge in [0.25, 0.3) is 0 Å². The standard InChI is InChI=1S/C23H18BrCl2N2O4/c1-27-15-4-3-14(25)19(26)12(15)9-16(27)21(29)28-17-8-11(22(30)31-2)7-13(24)18(20(17)28)23(28)5-6-32-10-23/h3-4,7-9,20H,5-6,10H2,1-2H3/q+1. The number of quaternary nitrogens is 1. The molecule has 9 heteroatoms. The molecule has 0 saturated carbocycles. The number of fused-ring (bicyclic) bond motifs is 4. The molecule has 3 aliphatic heterocycles. The summed E-state index contributed by atoms with van der Waals surface area (Å²) in [5, 5.41) is 1.62. The summed E-state index contributed by atoms with van der Waals surface area (Å²) < 4.78 is 13.6. The Morgan fingerprint density at radius 1 is 1.31 bits per heavy atom. The van der Waals surface area contributed by atoms with Crippen LogP contribution < -0.4 is 0 Å². The first kappa shape index (κ1) is 20.7. The molecule has 1 amide bonds. The maximum Gasteiger partial charge on any atom is 0.369 e. The normalized spacial score (nSPS) is 30.0. The third-order valence-corrected chi connectivity index (χ3v) is 8.85. The lowest BCUT2D eigenvalue weighted by molar-refractivity contribution is -0.793. The van der Waals surface area contributed by atoms with Gasteiger partial charge in [-0.25, -0.2) is 9.59 Å². The van der Waals surface area contributed by atoms with Crippen LogP contribution in [0.2, 0.25) is 10.0 Å². The van der Waals surface area contributed by atoms with Crippen LogP contribution in [0, 0.1) is 0 Å². The molecule has 1 spiro atoms. The number of esters is 1. The van der Waals surface area contributed by atoms with Crippen molar-refractivity contribution < 1.29 is 23.5 Å². The molecule has 32 heavy (non-hydrogen) atoms. The Kier molecular flexibility index (Phi) is 4.25. The molecule has 0 N–H and O–H groups in total. The molecule has 6 nitrogen and oxygen atoms in total. The van der Waals surface area contributed by atoms with Crippen molar-refractivity contribution >= 4 is 61.9 Å². The summed E-state index contributed by atoms with van der Waals surface area (Å²) in [5.74, 6) is -0.468. The van der Waals surface area contributed by atoms with Gasteiger partial charge in [-0.2, -0.15) is 4.48 Å². The SMILES string of the molecule is COC(=O)C1=CC(Br)=C2C3C(=C1)[N+]3(C(=O)c1cc3c(Cl)c(Cl)ccc3n1C)C21CCOC1. The van der Waals surface area contributed by atoms with Gasteiger partial charge in [-0.1, -0.05) is 39.1 Å². The quantitative estimate of drug-likeness (QED) is 0.319. The second kappa shape index (κ2) is 6.58. The molecule has 4 aliphatic rings. The van der Waals surface area contributed by atoms with Gasteiger partial charge in [0.15, 0.2) is 11.2 Å². The first-order valence-electron chi connectivity index (χ1n) is 10.2. The minimum Gasteiger partial charge on any atom is -0.465 e. The highest BCUT2D eigenvalue weighted by Gasteiger charge is 2.91. The van der Waals surface area contributed by atoms with Crippen molar-refractivity contribution in [3.63, 3.8) is 0 Å². The van der Waals surface area contributed by atoms with E-state index >= 15 is 0 Å². The maximum atomic E-state index is 14.3. The fraction of sp³-hybridized carbons (Fsp3) is 0.304. The van der Waals surface area contributed by atoms with Gasteiger partial charge in [-0.3, -0.25) is 0 Å². The van der Waals surface area contributed by atoms with Crippen LogP contribution in [0.1, 0.15) is 16.9 Å². The lowest BCUT2D eigenvalue weighted by Crippen LogP contribution is -2.67. The van der Waals surface area contributed by atoms with Gasteiger partial charge in [0.2, 0.25) is 6.04 Å².